The van der Waals surface area contributed by atoms with Crippen molar-refractivity contribution < 1.29 is 24.2 Å². The molecule has 0 aliphatic carbocycles. The van der Waals surface area contributed by atoms with E-state index in [9.17, 15) is 14.7 Å². The van der Waals surface area contributed by atoms with Crippen LogP contribution in [0.3, 0.4) is 0 Å². The molecule has 1 atom stereocenters. The van der Waals surface area contributed by atoms with Gasteiger partial charge in [0.05, 0.1) is 6.61 Å². The molecule has 0 aromatic heterocycles. The maximum atomic E-state index is 12.4. The van der Waals surface area contributed by atoms with Crippen LogP contribution in [0, 0.1) is 0 Å². The number of unbranched alkanes of at least 4 members (excludes halogenated alkanes) is 33. The molecule has 0 aliphatic rings. The van der Waals surface area contributed by atoms with Crippen LogP contribution in [-0.2, 0) is 19.1 Å². The minimum absolute atomic E-state index is 0.0680. The molecule has 0 aromatic rings. The number of aliphatic hydroxyl groups excluding tert-OH is 1. The van der Waals surface area contributed by atoms with Crippen molar-refractivity contribution in [3.63, 3.8) is 0 Å². The molecular formula is C77H130O5. The normalized spacial score (nSPS) is 13.1. The van der Waals surface area contributed by atoms with Gasteiger partial charge in [-0.05, 0) is 109 Å². The van der Waals surface area contributed by atoms with E-state index >= 15 is 0 Å². The van der Waals surface area contributed by atoms with Crippen molar-refractivity contribution in [2.45, 2.75) is 328 Å². The van der Waals surface area contributed by atoms with Crippen LogP contribution in [0.5, 0.6) is 0 Å². The fourth-order valence-corrected chi connectivity index (χ4v) is 9.82. The van der Waals surface area contributed by atoms with E-state index in [1.807, 2.05) is 0 Å². The second-order valence-electron chi connectivity index (χ2n) is 22.8. The standard InChI is InChI=1S/C77H130O5/c1-3-5-7-9-11-13-15-17-19-21-23-25-27-29-31-33-35-36-37-38-39-40-42-44-46-48-50-52-54-56-58-60-62-64-66-68-70-72-77(80)82-75(73-78)74-81-76(79)71-69-67-65-63-61-59-57-55-53-51-49-47-45-43-41-34-32-30-28-26-24-22-20-18-16-14-12-10-8-6-4-2/h5-8,11-14,17-20,23-26,29,31,35-36,38-39,75,78H,3-4,9-10,15-16,21-22,27-28,30,32-34,37,40-74H2,1-2H3/b7-5-,8-6-,13-11-,14-12-,19-17-,20-18-,25-23-,26-24-,31-29-,36-35-,39-38-. The number of hydrogen-bond acceptors (Lipinski definition) is 5. The molecule has 5 heteroatoms. The summed E-state index contributed by atoms with van der Waals surface area (Å²) < 4.78 is 10.8. The molecule has 0 rings (SSSR count). The number of hydrogen-bond donors (Lipinski definition) is 1. The first-order valence-corrected chi connectivity index (χ1v) is 34.7. The Morgan fingerprint density at radius 3 is 0.732 bits per heavy atom. The van der Waals surface area contributed by atoms with Gasteiger partial charge < -0.3 is 14.6 Å². The highest BCUT2D eigenvalue weighted by atomic mass is 16.6. The lowest BCUT2D eigenvalue weighted by molar-refractivity contribution is -0.161. The van der Waals surface area contributed by atoms with E-state index in [2.05, 4.69) is 148 Å². The van der Waals surface area contributed by atoms with Crippen LogP contribution in [0.1, 0.15) is 322 Å². The van der Waals surface area contributed by atoms with Gasteiger partial charge in [0.25, 0.3) is 0 Å². The van der Waals surface area contributed by atoms with Gasteiger partial charge in [-0.1, -0.05) is 334 Å². The summed E-state index contributed by atoms with van der Waals surface area (Å²) in [6, 6.07) is 0. The van der Waals surface area contributed by atoms with Crippen molar-refractivity contribution >= 4 is 11.9 Å². The van der Waals surface area contributed by atoms with Crippen LogP contribution in [0.2, 0.25) is 0 Å². The Labute approximate surface area is 508 Å². The number of esters is 2. The number of ether oxygens (including phenoxy) is 2. The summed E-state index contributed by atoms with van der Waals surface area (Å²) in [5.41, 5.74) is 0. The lowest BCUT2D eigenvalue weighted by Gasteiger charge is -2.15. The van der Waals surface area contributed by atoms with E-state index in [1.165, 1.54) is 186 Å². The average Bonchev–Trinajstić information content (AvgIpc) is 3.49. The van der Waals surface area contributed by atoms with Crippen LogP contribution in [0.4, 0.5) is 0 Å². The molecule has 0 spiro atoms. The summed E-state index contributed by atoms with van der Waals surface area (Å²) in [6.45, 7) is 3.94. The highest BCUT2D eigenvalue weighted by Crippen LogP contribution is 2.17. The molecule has 82 heavy (non-hydrogen) atoms. The average molecular weight is 1140 g/mol. The first kappa shape index (κ1) is 78.0. The summed E-state index contributed by atoms with van der Waals surface area (Å²) in [5, 5.41) is 9.71. The minimum Gasteiger partial charge on any atom is -0.462 e. The van der Waals surface area contributed by atoms with E-state index in [1.54, 1.807) is 0 Å². The number of rotatable bonds is 63. The van der Waals surface area contributed by atoms with E-state index in [-0.39, 0.29) is 25.2 Å². The zero-order valence-corrected chi connectivity index (χ0v) is 53.7. The summed E-state index contributed by atoms with van der Waals surface area (Å²) >= 11 is 0. The van der Waals surface area contributed by atoms with Gasteiger partial charge in [-0.25, -0.2) is 0 Å². The van der Waals surface area contributed by atoms with Gasteiger partial charge >= 0.3 is 11.9 Å². The van der Waals surface area contributed by atoms with E-state index in [0.29, 0.717) is 12.8 Å². The second kappa shape index (κ2) is 71.3. The molecule has 0 saturated carbocycles. The predicted molar refractivity (Wildman–Crippen MR) is 361 cm³/mol. The largest absolute Gasteiger partial charge is 0.462 e. The number of aliphatic hydroxyl groups is 1. The van der Waals surface area contributed by atoms with Gasteiger partial charge in [-0.3, -0.25) is 9.59 Å². The first-order chi connectivity index (χ1) is 40.6. The molecule has 468 valence electrons. The summed E-state index contributed by atoms with van der Waals surface area (Å²) in [6.07, 6.45) is 106. The molecule has 0 heterocycles. The van der Waals surface area contributed by atoms with Crippen LogP contribution in [0.25, 0.3) is 0 Å². The van der Waals surface area contributed by atoms with E-state index in [4.69, 9.17) is 9.47 Å². The third-order valence-corrected chi connectivity index (χ3v) is 14.9. The molecular weight excluding hydrogens is 1000 g/mol. The quantitative estimate of drug-likeness (QED) is 0.0373. The van der Waals surface area contributed by atoms with Gasteiger partial charge in [-0.15, -0.1) is 0 Å². The Morgan fingerprint density at radius 2 is 0.488 bits per heavy atom. The topological polar surface area (TPSA) is 72.8 Å². The zero-order chi connectivity index (χ0) is 59.1. The van der Waals surface area contributed by atoms with Gasteiger partial charge in [0.15, 0.2) is 6.10 Å². The third kappa shape index (κ3) is 68.5. The van der Waals surface area contributed by atoms with E-state index in [0.717, 1.165) is 109 Å². The van der Waals surface area contributed by atoms with Crippen molar-refractivity contribution in [3.05, 3.63) is 134 Å². The van der Waals surface area contributed by atoms with Crippen molar-refractivity contribution in [1.82, 2.24) is 0 Å². The molecule has 0 fully saturated rings. The van der Waals surface area contributed by atoms with E-state index < -0.39 is 6.10 Å². The highest BCUT2D eigenvalue weighted by Gasteiger charge is 2.16. The molecule has 1 unspecified atom stereocenters. The molecule has 0 saturated heterocycles. The van der Waals surface area contributed by atoms with Crippen LogP contribution in [0.15, 0.2) is 134 Å². The molecule has 1 N–H and O–H groups in total. The van der Waals surface area contributed by atoms with Crippen LogP contribution < -0.4 is 0 Å². The molecule has 5 nitrogen and oxygen atoms in total. The maximum Gasteiger partial charge on any atom is 0.306 e. The molecule has 0 aromatic carbocycles. The van der Waals surface area contributed by atoms with Crippen molar-refractivity contribution in [2.75, 3.05) is 13.2 Å². The van der Waals surface area contributed by atoms with Gasteiger partial charge in [0.2, 0.25) is 0 Å². The number of allylic oxidation sites excluding steroid dienone is 22. The van der Waals surface area contributed by atoms with Crippen molar-refractivity contribution in [1.29, 1.82) is 0 Å². The minimum atomic E-state index is -0.779. The van der Waals surface area contributed by atoms with Crippen LogP contribution >= 0.6 is 0 Å². The smallest absolute Gasteiger partial charge is 0.306 e. The van der Waals surface area contributed by atoms with Gasteiger partial charge in [-0.2, -0.15) is 0 Å². The summed E-state index contributed by atoms with van der Waals surface area (Å²) in [7, 11) is 0. The third-order valence-electron chi connectivity index (χ3n) is 14.9. The number of carbonyl (C=O) groups is 2. The lowest BCUT2D eigenvalue weighted by Crippen LogP contribution is -2.28. The number of carbonyl (C=O) groups excluding carboxylic acids is 2. The molecule has 0 radical (unpaired) electrons. The SMILES string of the molecule is CC/C=C\C/C=C\C/C=C\C/C=C\C/C=C\C/C=C\C/C=C\CCCCCCCCCCCCCCCCCC(=O)OC(CO)COC(=O)CCCCCCCCCCCCCCCCCCCC/C=C\C/C=C\C/C=C\C/C=C\CC. The Kier molecular flexibility index (Phi) is 67.9. The molecule has 0 bridgehead atoms. The van der Waals surface area contributed by atoms with Crippen LogP contribution in [-0.4, -0.2) is 36.4 Å². The summed E-state index contributed by atoms with van der Waals surface area (Å²) in [4.78, 5) is 24.7. The Hall–Kier alpha value is -3.96. The van der Waals surface area contributed by atoms with Gasteiger partial charge in [0, 0.05) is 12.8 Å². The Balaban J connectivity index is 3.47. The highest BCUT2D eigenvalue weighted by molar-refractivity contribution is 5.70. The first-order valence-electron chi connectivity index (χ1n) is 34.7. The second-order valence-corrected chi connectivity index (χ2v) is 22.8. The van der Waals surface area contributed by atoms with Crippen molar-refractivity contribution in [3.8, 4) is 0 Å². The fraction of sp³-hybridized carbons (Fsp3) is 0.688. The summed E-state index contributed by atoms with van der Waals surface area (Å²) in [5.74, 6) is -0.583. The van der Waals surface area contributed by atoms with Gasteiger partial charge in [0.1, 0.15) is 6.61 Å². The predicted octanol–water partition coefficient (Wildman–Crippen LogP) is 24.3. The Bertz CT molecular complexity index is 1670. The molecule has 0 amide bonds. The fourth-order valence-electron chi connectivity index (χ4n) is 9.82. The molecule has 0 aliphatic heterocycles. The maximum absolute atomic E-state index is 12.4. The Morgan fingerprint density at radius 1 is 0.280 bits per heavy atom. The zero-order valence-electron chi connectivity index (χ0n) is 53.7. The van der Waals surface area contributed by atoms with Crippen molar-refractivity contribution in [2.24, 2.45) is 0 Å². The monoisotopic (exact) mass is 1130 g/mol. The lowest BCUT2D eigenvalue weighted by atomic mass is 10.0.